The molecule has 13 heavy (non-hydrogen) atoms. The van der Waals surface area contributed by atoms with Gasteiger partial charge in [0.05, 0.1) is 5.92 Å². The maximum absolute atomic E-state index is 11.1. The van der Waals surface area contributed by atoms with Crippen LogP contribution in [0.15, 0.2) is 12.0 Å². The number of hydrogen-bond acceptors (Lipinski definition) is 3. The molecule has 1 aliphatic rings. The van der Waals surface area contributed by atoms with Gasteiger partial charge in [0, 0.05) is 25.5 Å². The summed E-state index contributed by atoms with van der Waals surface area (Å²) in [5.41, 5.74) is 0. The van der Waals surface area contributed by atoms with Crippen LogP contribution >= 0.6 is 0 Å². The van der Waals surface area contributed by atoms with Crippen LogP contribution in [0, 0.1) is 5.92 Å². The summed E-state index contributed by atoms with van der Waals surface area (Å²) in [6.07, 6.45) is 0. The van der Waals surface area contributed by atoms with E-state index in [1.807, 2.05) is 0 Å². The molecule has 1 fully saturated rings. The van der Waals surface area contributed by atoms with E-state index in [0.29, 0.717) is 0 Å². The average molecular weight is 204 g/mol. The van der Waals surface area contributed by atoms with Crippen LogP contribution in [0.4, 0.5) is 0 Å². The first-order valence-electron chi connectivity index (χ1n) is 3.85. The van der Waals surface area contributed by atoms with Crippen molar-refractivity contribution in [3.63, 3.8) is 0 Å². The summed E-state index contributed by atoms with van der Waals surface area (Å²) in [5, 5.41) is 3.37. The van der Waals surface area contributed by atoms with E-state index in [-0.39, 0.29) is 24.9 Å². The Kier molecular flexibility index (Phi) is 2.72. The van der Waals surface area contributed by atoms with Gasteiger partial charge in [-0.2, -0.15) is 4.31 Å². The van der Waals surface area contributed by atoms with Crippen molar-refractivity contribution < 1.29 is 13.2 Å². The van der Waals surface area contributed by atoms with Crippen molar-refractivity contribution in [2.24, 2.45) is 5.92 Å². The molecule has 1 rings (SSSR count). The van der Waals surface area contributed by atoms with Crippen LogP contribution in [0.3, 0.4) is 0 Å². The molecule has 1 aliphatic heterocycles. The highest BCUT2D eigenvalue weighted by atomic mass is 32.2. The Morgan fingerprint density at radius 1 is 1.62 bits per heavy atom. The highest BCUT2D eigenvalue weighted by Crippen LogP contribution is 2.19. The molecular weight excluding hydrogens is 192 g/mol. The Bertz CT molecular complexity index is 317. The molecule has 1 heterocycles. The van der Waals surface area contributed by atoms with E-state index in [2.05, 4.69) is 11.9 Å². The maximum atomic E-state index is 11.1. The van der Waals surface area contributed by atoms with Gasteiger partial charge in [0.25, 0.3) is 0 Å². The second-order valence-electron chi connectivity index (χ2n) is 2.84. The summed E-state index contributed by atoms with van der Waals surface area (Å²) in [6.45, 7) is 3.71. The number of nitrogens with one attached hydrogen (secondary N) is 1. The minimum atomic E-state index is -3.32. The van der Waals surface area contributed by atoms with E-state index in [1.54, 1.807) is 0 Å². The molecule has 0 spiro atoms. The Balaban J connectivity index is 2.51. The van der Waals surface area contributed by atoms with Gasteiger partial charge in [-0.15, -0.1) is 0 Å². The molecule has 0 saturated carbocycles. The Labute approximate surface area is 77.5 Å². The van der Waals surface area contributed by atoms with E-state index >= 15 is 0 Å². The monoisotopic (exact) mass is 204 g/mol. The van der Waals surface area contributed by atoms with Crippen LogP contribution in [0.5, 0.6) is 0 Å². The fraction of sp³-hybridized carbons (Fsp3) is 0.571. The zero-order chi connectivity index (χ0) is 10.1. The van der Waals surface area contributed by atoms with Crippen molar-refractivity contribution in [2.45, 2.75) is 0 Å². The predicted molar refractivity (Wildman–Crippen MR) is 48.2 cm³/mol. The van der Waals surface area contributed by atoms with Gasteiger partial charge in [0.15, 0.2) is 0 Å². The average Bonchev–Trinajstić information content (AvgIpc) is 2.01. The van der Waals surface area contributed by atoms with Crippen LogP contribution in [0.2, 0.25) is 0 Å². The van der Waals surface area contributed by atoms with Gasteiger partial charge >= 0.3 is 0 Å². The molecule has 0 radical (unpaired) electrons. The second-order valence-corrected chi connectivity index (χ2v) is 4.72. The molecule has 74 valence electrons. The smallest absolute Gasteiger partial charge is 0.235 e. The number of rotatable bonds is 3. The molecule has 1 N–H and O–H groups in total. The highest BCUT2D eigenvalue weighted by Gasteiger charge is 2.37. The third-order valence-electron chi connectivity index (χ3n) is 2.04. The first-order valence-corrected chi connectivity index (χ1v) is 5.35. The minimum Gasteiger partial charge on any atom is -0.359 e. The van der Waals surface area contributed by atoms with Gasteiger partial charge in [0.2, 0.25) is 15.9 Å². The summed E-state index contributed by atoms with van der Waals surface area (Å²) < 4.78 is 23.5. The Morgan fingerprint density at radius 2 is 2.15 bits per heavy atom. The number of carbonyl (C=O) groups is 1. The van der Waals surface area contributed by atoms with E-state index in [4.69, 9.17) is 0 Å². The molecule has 1 saturated heterocycles. The van der Waals surface area contributed by atoms with Crippen LogP contribution in [0.25, 0.3) is 0 Å². The topological polar surface area (TPSA) is 66.5 Å². The Hall–Kier alpha value is -0.880. The number of carbonyl (C=O) groups excluding carboxylic acids is 1. The molecule has 0 aliphatic carbocycles. The van der Waals surface area contributed by atoms with Crippen LogP contribution in [-0.2, 0) is 14.8 Å². The maximum Gasteiger partial charge on any atom is 0.235 e. The molecule has 1 amide bonds. The Morgan fingerprint density at radius 3 is 2.54 bits per heavy atom. The number of nitrogens with zero attached hydrogens (tertiary/aromatic N) is 1. The van der Waals surface area contributed by atoms with Gasteiger partial charge in [-0.25, -0.2) is 8.42 Å². The third-order valence-corrected chi connectivity index (χ3v) is 3.47. The fourth-order valence-corrected chi connectivity index (χ4v) is 2.11. The summed E-state index contributed by atoms with van der Waals surface area (Å²) in [4.78, 5) is 11.0. The van der Waals surface area contributed by atoms with Crippen LogP contribution in [-0.4, -0.2) is 38.8 Å². The first-order chi connectivity index (χ1) is 6.01. The van der Waals surface area contributed by atoms with E-state index < -0.39 is 10.0 Å². The van der Waals surface area contributed by atoms with E-state index in [9.17, 15) is 13.2 Å². The van der Waals surface area contributed by atoms with Gasteiger partial charge in [-0.05, 0) is 0 Å². The second kappa shape index (κ2) is 3.47. The van der Waals surface area contributed by atoms with Crippen LogP contribution < -0.4 is 5.32 Å². The predicted octanol–water partition coefficient (Wildman–Crippen LogP) is -0.862. The number of amides is 1. The van der Waals surface area contributed by atoms with Crippen molar-refractivity contribution in [3.8, 4) is 0 Å². The molecule has 0 aromatic rings. The van der Waals surface area contributed by atoms with E-state index in [1.165, 1.54) is 11.4 Å². The lowest BCUT2D eigenvalue weighted by Gasteiger charge is -2.35. The highest BCUT2D eigenvalue weighted by molar-refractivity contribution is 7.92. The molecule has 0 atom stereocenters. The third kappa shape index (κ3) is 1.89. The zero-order valence-electron chi connectivity index (χ0n) is 7.36. The molecule has 0 bridgehead atoms. The van der Waals surface area contributed by atoms with Crippen molar-refractivity contribution >= 4 is 15.9 Å². The SMILES string of the molecule is C=CS(=O)(=O)N1CC(C(=O)NC)C1. The van der Waals surface area contributed by atoms with Crippen molar-refractivity contribution in [2.75, 3.05) is 20.1 Å². The molecule has 6 heteroatoms. The van der Waals surface area contributed by atoms with Gasteiger partial charge in [0.1, 0.15) is 0 Å². The summed E-state index contributed by atoms with van der Waals surface area (Å²) >= 11 is 0. The van der Waals surface area contributed by atoms with E-state index in [0.717, 1.165) is 5.41 Å². The first kappa shape index (κ1) is 10.2. The normalized spacial score (nSPS) is 19.2. The van der Waals surface area contributed by atoms with Crippen molar-refractivity contribution in [1.29, 1.82) is 0 Å². The zero-order valence-corrected chi connectivity index (χ0v) is 8.17. The molecule has 0 aromatic heterocycles. The lowest BCUT2D eigenvalue weighted by molar-refractivity contribution is -0.127. The summed E-state index contributed by atoms with van der Waals surface area (Å²) in [5.74, 6) is -0.324. The molecule has 0 unspecified atom stereocenters. The van der Waals surface area contributed by atoms with Crippen molar-refractivity contribution in [3.05, 3.63) is 12.0 Å². The quantitative estimate of drug-likeness (QED) is 0.650. The van der Waals surface area contributed by atoms with Gasteiger partial charge in [-0.1, -0.05) is 6.58 Å². The van der Waals surface area contributed by atoms with Gasteiger partial charge in [-0.3, -0.25) is 4.79 Å². The number of hydrogen-bond donors (Lipinski definition) is 1. The lowest BCUT2D eigenvalue weighted by Crippen LogP contribution is -2.54. The minimum absolute atomic E-state index is 0.115. The van der Waals surface area contributed by atoms with Crippen LogP contribution in [0.1, 0.15) is 0 Å². The summed E-state index contributed by atoms with van der Waals surface area (Å²) in [6, 6.07) is 0. The lowest BCUT2D eigenvalue weighted by atomic mass is 10.0. The molecule has 5 nitrogen and oxygen atoms in total. The molecular formula is C7H12N2O3S. The standard InChI is InChI=1S/C7H12N2O3S/c1-3-13(11,12)9-4-6(5-9)7(10)8-2/h3,6H,1,4-5H2,2H3,(H,8,10). The fourth-order valence-electron chi connectivity index (χ4n) is 1.12. The van der Waals surface area contributed by atoms with Gasteiger partial charge < -0.3 is 5.32 Å². The van der Waals surface area contributed by atoms with Crippen molar-refractivity contribution in [1.82, 2.24) is 9.62 Å². The number of sulfonamides is 1. The summed E-state index contributed by atoms with van der Waals surface area (Å²) in [7, 11) is -1.78. The molecule has 0 aromatic carbocycles. The largest absolute Gasteiger partial charge is 0.359 e.